The molecule has 3 rings (SSSR count). The first kappa shape index (κ1) is 25.4. The number of hydrogen-bond acceptors (Lipinski definition) is 11. The number of aromatic nitrogens is 2. The molecular formula is C23H37N7O4. The van der Waals surface area contributed by atoms with E-state index in [4.69, 9.17) is 14.7 Å². The predicted octanol–water partition coefficient (Wildman–Crippen LogP) is 2.80. The van der Waals surface area contributed by atoms with E-state index in [2.05, 4.69) is 43.9 Å². The maximum atomic E-state index is 10.4. The number of anilines is 4. The quantitative estimate of drug-likeness (QED) is 0.302. The summed E-state index contributed by atoms with van der Waals surface area (Å²) in [4.78, 5) is 9.47. The smallest absolute Gasteiger partial charge is 0.227 e. The maximum absolute atomic E-state index is 10.4. The van der Waals surface area contributed by atoms with Gasteiger partial charge in [0.1, 0.15) is 22.9 Å². The van der Waals surface area contributed by atoms with Crippen molar-refractivity contribution >= 4 is 23.3 Å². The molecule has 0 bridgehead atoms. The van der Waals surface area contributed by atoms with E-state index >= 15 is 0 Å². The number of aromatic hydroxyl groups is 2. The number of fused-ring (bicyclic) bond motifs is 1. The molecule has 0 unspecified atom stereocenters. The van der Waals surface area contributed by atoms with E-state index in [1.54, 1.807) is 0 Å². The van der Waals surface area contributed by atoms with Crippen molar-refractivity contribution in [1.29, 1.82) is 0 Å². The molecule has 6 N–H and O–H groups in total. The second kappa shape index (κ2) is 10.4. The number of benzene rings is 1. The predicted molar refractivity (Wildman–Crippen MR) is 133 cm³/mol. The summed E-state index contributed by atoms with van der Waals surface area (Å²) in [5, 5.41) is 41.1. The fraction of sp³-hybridized carbons (Fsp3) is 0.565. The number of aliphatic hydroxyl groups is 1. The molecule has 0 saturated heterocycles. The molecule has 0 amide bonds. The second-order valence-corrected chi connectivity index (χ2v) is 9.27. The Balaban J connectivity index is 2.05. The number of nitrogens with zero attached hydrogens (tertiary/aromatic N) is 4. The number of aliphatic hydroxyl groups excluding tert-OH is 1. The third-order valence-corrected chi connectivity index (χ3v) is 5.74. The highest BCUT2D eigenvalue weighted by Gasteiger charge is 2.35. The Morgan fingerprint density at radius 2 is 1.62 bits per heavy atom. The minimum atomic E-state index is -0.219. The van der Waals surface area contributed by atoms with Gasteiger partial charge in [-0.1, -0.05) is 13.8 Å². The van der Waals surface area contributed by atoms with Gasteiger partial charge in [-0.3, -0.25) is 10.0 Å². The Bertz CT molecular complexity index is 977. The van der Waals surface area contributed by atoms with Gasteiger partial charge in [0.15, 0.2) is 11.6 Å². The average molecular weight is 476 g/mol. The van der Waals surface area contributed by atoms with Gasteiger partial charge in [0.2, 0.25) is 5.95 Å². The summed E-state index contributed by atoms with van der Waals surface area (Å²) < 4.78 is 5.10. The zero-order chi connectivity index (χ0) is 25.2. The first-order valence-corrected chi connectivity index (χ1v) is 11.5. The number of phenolic OH excluding ortho intramolecular Hbond substituents is 2. The van der Waals surface area contributed by atoms with Gasteiger partial charge < -0.3 is 30.7 Å². The van der Waals surface area contributed by atoms with Crippen molar-refractivity contribution in [2.24, 2.45) is 5.92 Å². The van der Waals surface area contributed by atoms with Crippen molar-refractivity contribution in [1.82, 2.24) is 15.5 Å². The van der Waals surface area contributed by atoms with E-state index in [1.807, 2.05) is 23.9 Å². The normalized spacial score (nSPS) is 14.2. The van der Waals surface area contributed by atoms with E-state index in [0.29, 0.717) is 28.9 Å². The number of methoxy groups -OCH3 is 1. The van der Waals surface area contributed by atoms with E-state index in [0.717, 1.165) is 5.69 Å². The zero-order valence-corrected chi connectivity index (χ0v) is 20.9. The van der Waals surface area contributed by atoms with E-state index in [-0.39, 0.29) is 48.7 Å². The average Bonchev–Trinajstić information content (AvgIpc) is 3.16. The van der Waals surface area contributed by atoms with Gasteiger partial charge in [0.05, 0.1) is 25.3 Å². The van der Waals surface area contributed by atoms with Gasteiger partial charge >= 0.3 is 0 Å². The van der Waals surface area contributed by atoms with Crippen LogP contribution in [0.15, 0.2) is 12.1 Å². The summed E-state index contributed by atoms with van der Waals surface area (Å²) in [6.45, 7) is 12.3. The van der Waals surface area contributed by atoms with Crippen molar-refractivity contribution in [2.75, 3.05) is 34.4 Å². The number of hydrogen-bond donors (Lipinski definition) is 6. The Labute approximate surface area is 200 Å². The molecule has 34 heavy (non-hydrogen) atoms. The van der Waals surface area contributed by atoms with Gasteiger partial charge in [-0.25, -0.2) is 0 Å². The van der Waals surface area contributed by atoms with Crippen molar-refractivity contribution in [3.63, 3.8) is 0 Å². The third kappa shape index (κ3) is 5.15. The third-order valence-electron chi connectivity index (χ3n) is 5.74. The minimum Gasteiger partial charge on any atom is -0.507 e. The topological polar surface area (TPSA) is 138 Å². The summed E-state index contributed by atoms with van der Waals surface area (Å²) in [6, 6.07) is 2.88. The lowest BCUT2D eigenvalue weighted by Gasteiger charge is -2.27. The highest BCUT2D eigenvalue weighted by molar-refractivity contribution is 5.83. The molecule has 2 heterocycles. The Morgan fingerprint density at radius 3 is 2.12 bits per heavy atom. The summed E-state index contributed by atoms with van der Waals surface area (Å²) >= 11 is 0. The molecule has 0 aliphatic carbocycles. The van der Waals surface area contributed by atoms with Gasteiger partial charge in [-0.05, 0) is 33.6 Å². The van der Waals surface area contributed by atoms with Crippen LogP contribution in [0.1, 0.15) is 47.1 Å². The molecule has 0 fully saturated rings. The largest absolute Gasteiger partial charge is 0.507 e. The van der Waals surface area contributed by atoms with Gasteiger partial charge in [0.25, 0.3) is 0 Å². The second-order valence-electron chi connectivity index (χ2n) is 9.27. The fourth-order valence-corrected chi connectivity index (χ4v) is 3.64. The molecule has 11 nitrogen and oxygen atoms in total. The molecule has 2 aromatic rings. The van der Waals surface area contributed by atoms with Crippen LogP contribution < -0.4 is 30.9 Å². The van der Waals surface area contributed by atoms with Crippen LogP contribution in [0.4, 0.5) is 23.3 Å². The van der Waals surface area contributed by atoms with Crippen LogP contribution >= 0.6 is 0 Å². The summed E-state index contributed by atoms with van der Waals surface area (Å²) in [6.07, 6.45) is 0. The van der Waals surface area contributed by atoms with Crippen LogP contribution in [0.25, 0.3) is 0 Å². The van der Waals surface area contributed by atoms with Crippen LogP contribution in [-0.2, 0) is 6.54 Å². The Kier molecular flexibility index (Phi) is 7.78. The molecule has 1 atom stereocenters. The lowest BCUT2D eigenvalue weighted by atomic mass is 10.1. The van der Waals surface area contributed by atoms with Crippen molar-refractivity contribution < 1.29 is 20.1 Å². The summed E-state index contributed by atoms with van der Waals surface area (Å²) in [5.41, 5.74) is 4.46. The molecular weight excluding hydrogens is 438 g/mol. The molecule has 11 heteroatoms. The maximum Gasteiger partial charge on any atom is 0.227 e. The molecule has 1 aliphatic rings. The molecule has 188 valence electrons. The molecule has 1 aromatic heterocycles. The number of hydrazine groups is 2. The molecule has 0 radical (unpaired) electrons. The molecule has 0 saturated carbocycles. The lowest BCUT2D eigenvalue weighted by molar-refractivity contribution is 0.248. The first-order chi connectivity index (χ1) is 16.1. The molecule has 0 spiro atoms. The van der Waals surface area contributed by atoms with E-state index < -0.39 is 0 Å². The van der Waals surface area contributed by atoms with Crippen LogP contribution in [0, 0.1) is 5.92 Å². The number of phenols is 2. The van der Waals surface area contributed by atoms with Crippen LogP contribution in [-0.4, -0.2) is 57.1 Å². The van der Waals surface area contributed by atoms with Gasteiger partial charge in [-0.15, -0.1) is 5.53 Å². The lowest BCUT2D eigenvalue weighted by Crippen LogP contribution is -2.50. The SMILES string of the molecule is COc1cc(O)c(CNc2nc(N[C@@H](CO)C(C)C)nc3c2N(C(C)C)NN3C(C)C)c(O)c1. The number of ether oxygens (including phenoxy) is 1. The highest BCUT2D eigenvalue weighted by Crippen LogP contribution is 2.41. The summed E-state index contributed by atoms with van der Waals surface area (Å²) in [5.74, 6) is 1.93. The zero-order valence-electron chi connectivity index (χ0n) is 20.9. The van der Waals surface area contributed by atoms with Crippen LogP contribution in [0.5, 0.6) is 17.2 Å². The number of rotatable bonds is 10. The Hall–Kier alpha value is -3.18. The fourth-order valence-electron chi connectivity index (χ4n) is 3.64. The van der Waals surface area contributed by atoms with E-state index in [1.165, 1.54) is 19.2 Å². The van der Waals surface area contributed by atoms with Crippen molar-refractivity contribution in [3.8, 4) is 17.2 Å². The molecule has 1 aliphatic heterocycles. The van der Waals surface area contributed by atoms with Crippen LogP contribution in [0.3, 0.4) is 0 Å². The summed E-state index contributed by atoms with van der Waals surface area (Å²) in [7, 11) is 1.47. The van der Waals surface area contributed by atoms with Gasteiger partial charge in [-0.2, -0.15) is 9.97 Å². The highest BCUT2D eigenvalue weighted by atomic mass is 16.5. The number of nitrogens with one attached hydrogen (secondary N) is 3. The van der Waals surface area contributed by atoms with Gasteiger partial charge in [0, 0.05) is 30.8 Å². The van der Waals surface area contributed by atoms with Crippen molar-refractivity contribution in [2.45, 2.75) is 66.2 Å². The first-order valence-electron chi connectivity index (χ1n) is 11.5. The van der Waals surface area contributed by atoms with Crippen molar-refractivity contribution in [3.05, 3.63) is 17.7 Å². The van der Waals surface area contributed by atoms with E-state index in [9.17, 15) is 15.3 Å². The molecule has 1 aromatic carbocycles. The minimum absolute atomic E-state index is 0.0568. The standard InChI is InChI=1S/C23H37N7O4/c1-12(2)17(11-31)25-23-26-21(24-10-16-18(32)8-15(34-7)9-19(16)33)20-22(27-23)30(14(5)6)28-29(20)13(3)4/h8-9,12-14,17,28,31-33H,10-11H2,1-7H3,(H2,24,25,26,27)/t17-/m0/s1. The van der Waals surface area contributed by atoms with Crippen LogP contribution in [0.2, 0.25) is 0 Å². The Morgan fingerprint density at radius 1 is 1.00 bits per heavy atom. The monoisotopic (exact) mass is 475 g/mol.